The fourth-order valence-corrected chi connectivity index (χ4v) is 2.31. The molecule has 2 unspecified atom stereocenters. The second-order valence-corrected chi connectivity index (χ2v) is 5.08. The number of carboxylic acids is 1. The smallest absolute Gasteiger partial charge is 0.322 e. The molecule has 1 saturated heterocycles. The van der Waals surface area contributed by atoms with Crippen molar-refractivity contribution in [1.82, 2.24) is 10.2 Å². The van der Waals surface area contributed by atoms with Crippen molar-refractivity contribution in [1.29, 1.82) is 0 Å². The largest absolute Gasteiger partial charge is 0.480 e. The van der Waals surface area contributed by atoms with Crippen molar-refractivity contribution < 1.29 is 14.6 Å². The minimum absolute atomic E-state index is 0.188. The van der Waals surface area contributed by atoms with Crippen LogP contribution < -0.4 is 5.32 Å². The van der Waals surface area contributed by atoms with Crippen LogP contribution in [0.2, 0.25) is 0 Å². The highest BCUT2D eigenvalue weighted by Crippen LogP contribution is 2.16. The summed E-state index contributed by atoms with van der Waals surface area (Å²) in [6.07, 6.45) is 1.10. The van der Waals surface area contributed by atoms with Crippen molar-refractivity contribution in [3.8, 4) is 0 Å². The van der Waals surface area contributed by atoms with Crippen LogP contribution in [0.3, 0.4) is 0 Å². The number of ether oxygens (including phenoxy) is 1. The third-order valence-electron chi connectivity index (χ3n) is 3.05. The highest BCUT2D eigenvalue weighted by molar-refractivity contribution is 5.73. The van der Waals surface area contributed by atoms with Gasteiger partial charge in [-0.05, 0) is 18.9 Å². The zero-order valence-electron chi connectivity index (χ0n) is 11.0. The molecule has 5 nitrogen and oxygen atoms in total. The third kappa shape index (κ3) is 5.02. The summed E-state index contributed by atoms with van der Waals surface area (Å²) < 4.78 is 5.13. The number of nitrogens with one attached hydrogen (secondary N) is 1. The summed E-state index contributed by atoms with van der Waals surface area (Å²) in [6, 6.07) is -0.287. The average Bonchev–Trinajstić information content (AvgIpc) is 2.64. The van der Waals surface area contributed by atoms with E-state index in [0.29, 0.717) is 12.5 Å². The van der Waals surface area contributed by atoms with Gasteiger partial charge in [-0.3, -0.25) is 4.79 Å². The fraction of sp³-hybridized carbons (Fsp3) is 0.917. The van der Waals surface area contributed by atoms with Crippen molar-refractivity contribution in [2.45, 2.75) is 32.4 Å². The Morgan fingerprint density at radius 3 is 2.82 bits per heavy atom. The molecular weight excluding hydrogens is 220 g/mol. The van der Waals surface area contributed by atoms with E-state index >= 15 is 0 Å². The molecular formula is C12H24N2O3. The maximum Gasteiger partial charge on any atom is 0.322 e. The van der Waals surface area contributed by atoms with Crippen molar-refractivity contribution >= 4 is 5.97 Å². The van der Waals surface area contributed by atoms with Crippen molar-refractivity contribution in [3.63, 3.8) is 0 Å². The Labute approximate surface area is 103 Å². The quantitative estimate of drug-likeness (QED) is 0.679. The molecule has 0 aromatic carbocycles. The Balaban J connectivity index is 2.38. The van der Waals surface area contributed by atoms with Crippen molar-refractivity contribution in [3.05, 3.63) is 0 Å². The highest BCUT2D eigenvalue weighted by Gasteiger charge is 2.27. The zero-order chi connectivity index (χ0) is 12.8. The molecule has 0 aromatic heterocycles. The molecule has 0 bridgehead atoms. The van der Waals surface area contributed by atoms with E-state index < -0.39 is 12.0 Å². The zero-order valence-corrected chi connectivity index (χ0v) is 11.0. The number of hydrogen-bond donors (Lipinski definition) is 2. The van der Waals surface area contributed by atoms with Gasteiger partial charge in [-0.1, -0.05) is 13.8 Å². The Morgan fingerprint density at radius 2 is 2.29 bits per heavy atom. The molecule has 100 valence electrons. The molecule has 5 heteroatoms. The summed E-state index contributed by atoms with van der Waals surface area (Å²) in [6.45, 7) is 7.19. The average molecular weight is 244 g/mol. The van der Waals surface area contributed by atoms with Crippen LogP contribution in [0.5, 0.6) is 0 Å². The molecule has 0 aliphatic carbocycles. The molecule has 2 atom stereocenters. The van der Waals surface area contributed by atoms with Gasteiger partial charge in [0.05, 0.1) is 6.61 Å². The first-order chi connectivity index (χ1) is 8.02. The summed E-state index contributed by atoms with van der Waals surface area (Å²) >= 11 is 0. The van der Waals surface area contributed by atoms with Gasteiger partial charge in [0.2, 0.25) is 0 Å². The Hall–Kier alpha value is -0.650. The minimum atomic E-state index is -0.770. The van der Waals surface area contributed by atoms with Gasteiger partial charge in [-0.15, -0.1) is 0 Å². The molecule has 0 radical (unpaired) electrons. The van der Waals surface area contributed by atoms with Crippen LogP contribution in [-0.2, 0) is 9.53 Å². The summed E-state index contributed by atoms with van der Waals surface area (Å²) in [5.74, 6) is -0.220. The number of rotatable bonds is 7. The number of likely N-dealkylation sites (tertiary alicyclic amines) is 1. The van der Waals surface area contributed by atoms with Crippen LogP contribution in [0.15, 0.2) is 0 Å². The summed E-state index contributed by atoms with van der Waals surface area (Å²) in [5.41, 5.74) is 0. The van der Waals surface area contributed by atoms with Crippen LogP contribution in [0.25, 0.3) is 0 Å². The Kier molecular flexibility index (Phi) is 5.88. The lowest BCUT2D eigenvalue weighted by molar-refractivity contribution is -0.140. The topological polar surface area (TPSA) is 61.8 Å². The van der Waals surface area contributed by atoms with Crippen LogP contribution >= 0.6 is 0 Å². The summed E-state index contributed by atoms with van der Waals surface area (Å²) in [7, 11) is 1.71. The SMILES string of the molecule is COCC1CCN(CC(NC(C)C)C(=O)O)C1. The molecule has 0 spiro atoms. The van der Waals surface area contributed by atoms with E-state index in [0.717, 1.165) is 26.1 Å². The molecule has 1 aliphatic heterocycles. The molecule has 17 heavy (non-hydrogen) atoms. The predicted molar refractivity (Wildman–Crippen MR) is 66.1 cm³/mol. The normalized spacial score (nSPS) is 23.2. The van der Waals surface area contributed by atoms with Gasteiger partial charge in [0.1, 0.15) is 6.04 Å². The Bertz CT molecular complexity index is 246. The van der Waals surface area contributed by atoms with Crippen LogP contribution in [-0.4, -0.2) is 61.4 Å². The first-order valence-corrected chi connectivity index (χ1v) is 6.23. The van der Waals surface area contributed by atoms with Crippen LogP contribution in [0.1, 0.15) is 20.3 Å². The van der Waals surface area contributed by atoms with Gasteiger partial charge >= 0.3 is 5.97 Å². The number of hydrogen-bond acceptors (Lipinski definition) is 4. The van der Waals surface area contributed by atoms with Gasteiger partial charge in [-0.25, -0.2) is 0 Å². The second kappa shape index (κ2) is 6.93. The molecule has 2 N–H and O–H groups in total. The number of carboxylic acid groups (broad SMARTS) is 1. The van der Waals surface area contributed by atoms with E-state index in [1.54, 1.807) is 7.11 Å². The van der Waals surface area contributed by atoms with Crippen LogP contribution in [0.4, 0.5) is 0 Å². The first kappa shape index (κ1) is 14.4. The number of carbonyl (C=O) groups is 1. The summed E-state index contributed by atoms with van der Waals surface area (Å²) in [5, 5.41) is 12.2. The van der Waals surface area contributed by atoms with Gasteiger partial charge in [0.25, 0.3) is 0 Å². The number of nitrogens with zero attached hydrogens (tertiary/aromatic N) is 1. The first-order valence-electron chi connectivity index (χ1n) is 6.23. The number of methoxy groups -OCH3 is 1. The van der Waals surface area contributed by atoms with Gasteiger partial charge in [0.15, 0.2) is 0 Å². The third-order valence-corrected chi connectivity index (χ3v) is 3.05. The molecule has 1 fully saturated rings. The maximum absolute atomic E-state index is 11.1. The van der Waals surface area contributed by atoms with Gasteiger partial charge < -0.3 is 20.1 Å². The maximum atomic E-state index is 11.1. The number of aliphatic carboxylic acids is 1. The molecule has 1 rings (SSSR count). The van der Waals surface area contributed by atoms with Gasteiger partial charge in [-0.2, -0.15) is 0 Å². The lowest BCUT2D eigenvalue weighted by Crippen LogP contribution is -2.48. The van der Waals surface area contributed by atoms with Crippen molar-refractivity contribution in [2.75, 3.05) is 33.4 Å². The van der Waals surface area contributed by atoms with E-state index in [1.165, 1.54) is 0 Å². The van der Waals surface area contributed by atoms with Crippen LogP contribution in [0, 0.1) is 5.92 Å². The van der Waals surface area contributed by atoms with E-state index in [4.69, 9.17) is 9.84 Å². The van der Waals surface area contributed by atoms with Gasteiger partial charge in [0, 0.05) is 26.2 Å². The molecule has 1 aliphatic rings. The molecule has 0 saturated carbocycles. The monoisotopic (exact) mass is 244 g/mol. The lowest BCUT2D eigenvalue weighted by atomic mass is 10.1. The van der Waals surface area contributed by atoms with E-state index in [9.17, 15) is 4.79 Å². The molecule has 1 heterocycles. The predicted octanol–water partition coefficient (Wildman–Crippen LogP) is 0.406. The molecule has 0 aromatic rings. The highest BCUT2D eigenvalue weighted by atomic mass is 16.5. The van der Waals surface area contributed by atoms with E-state index in [1.807, 2.05) is 13.8 Å². The fourth-order valence-electron chi connectivity index (χ4n) is 2.31. The molecule has 0 amide bonds. The Morgan fingerprint density at radius 1 is 1.59 bits per heavy atom. The summed E-state index contributed by atoms with van der Waals surface area (Å²) in [4.78, 5) is 13.3. The van der Waals surface area contributed by atoms with Crippen molar-refractivity contribution in [2.24, 2.45) is 5.92 Å². The standard InChI is InChI=1S/C12H24N2O3/c1-9(2)13-11(12(15)16)7-14-5-4-10(6-14)8-17-3/h9-11,13H,4-8H2,1-3H3,(H,15,16). The second-order valence-electron chi connectivity index (χ2n) is 5.08. The lowest BCUT2D eigenvalue weighted by Gasteiger charge is -2.23. The minimum Gasteiger partial charge on any atom is -0.480 e. The van der Waals surface area contributed by atoms with E-state index in [-0.39, 0.29) is 6.04 Å². The van der Waals surface area contributed by atoms with E-state index in [2.05, 4.69) is 10.2 Å².